The van der Waals surface area contributed by atoms with Crippen LogP contribution in [0.25, 0.3) is 16.9 Å². The van der Waals surface area contributed by atoms with E-state index in [0.717, 1.165) is 5.69 Å². The van der Waals surface area contributed by atoms with Crippen molar-refractivity contribution in [3.05, 3.63) is 66.4 Å². The molecule has 1 aromatic heterocycles. The molecule has 3 aromatic rings. The Balaban J connectivity index is 2.03. The summed E-state index contributed by atoms with van der Waals surface area (Å²) in [6.07, 6.45) is 1.66. The van der Waals surface area contributed by atoms with Crippen LogP contribution in [-0.2, 0) is 4.79 Å². The van der Waals surface area contributed by atoms with E-state index >= 15 is 0 Å². The summed E-state index contributed by atoms with van der Waals surface area (Å²) in [5.41, 5.74) is 2.35. The molecular formula is C22H24N4O3. The van der Waals surface area contributed by atoms with Crippen LogP contribution in [0.4, 0.5) is 0 Å². The van der Waals surface area contributed by atoms with E-state index in [0.29, 0.717) is 29.1 Å². The van der Waals surface area contributed by atoms with E-state index in [9.17, 15) is 9.59 Å². The molecular weight excluding hydrogens is 368 g/mol. The molecule has 0 spiro atoms. The van der Waals surface area contributed by atoms with E-state index in [1.165, 1.54) is 0 Å². The van der Waals surface area contributed by atoms with Crippen molar-refractivity contribution >= 4 is 11.8 Å². The number of para-hydroxylation sites is 2. The van der Waals surface area contributed by atoms with Crippen LogP contribution in [0, 0.1) is 0 Å². The number of nitrogens with one attached hydrogen (secondary N) is 2. The number of hydrogen-bond donors (Lipinski definition) is 2. The first-order valence-corrected chi connectivity index (χ1v) is 9.42. The summed E-state index contributed by atoms with van der Waals surface area (Å²) < 4.78 is 7.10. The van der Waals surface area contributed by atoms with Gasteiger partial charge >= 0.3 is 0 Å². The predicted molar refractivity (Wildman–Crippen MR) is 111 cm³/mol. The second-order valence-corrected chi connectivity index (χ2v) is 6.46. The lowest BCUT2D eigenvalue weighted by atomic mass is 10.1. The first-order valence-electron chi connectivity index (χ1n) is 9.42. The van der Waals surface area contributed by atoms with Gasteiger partial charge in [-0.3, -0.25) is 9.59 Å². The fourth-order valence-electron chi connectivity index (χ4n) is 2.96. The summed E-state index contributed by atoms with van der Waals surface area (Å²) in [7, 11) is 1.57. The molecule has 150 valence electrons. The summed E-state index contributed by atoms with van der Waals surface area (Å²) in [5, 5.41) is 10.1. The van der Waals surface area contributed by atoms with E-state index < -0.39 is 6.04 Å². The number of rotatable bonds is 7. The van der Waals surface area contributed by atoms with Crippen LogP contribution < -0.4 is 15.4 Å². The molecule has 0 saturated heterocycles. The van der Waals surface area contributed by atoms with Crippen molar-refractivity contribution in [1.29, 1.82) is 0 Å². The molecule has 29 heavy (non-hydrogen) atoms. The maximum absolute atomic E-state index is 13.0. The van der Waals surface area contributed by atoms with Crippen LogP contribution in [-0.4, -0.2) is 41.3 Å². The summed E-state index contributed by atoms with van der Waals surface area (Å²) in [6.45, 7) is 3.97. The molecule has 0 aliphatic carbocycles. The number of methoxy groups -OCH3 is 1. The molecule has 1 heterocycles. The van der Waals surface area contributed by atoms with Crippen molar-refractivity contribution in [3.63, 3.8) is 0 Å². The second-order valence-electron chi connectivity index (χ2n) is 6.46. The summed E-state index contributed by atoms with van der Waals surface area (Å²) >= 11 is 0. The van der Waals surface area contributed by atoms with Gasteiger partial charge in [0.05, 0.1) is 18.4 Å². The number of likely N-dealkylation sites (N-methyl/N-ethyl adjacent to an activating group) is 1. The third-order valence-electron chi connectivity index (χ3n) is 4.43. The molecule has 0 fully saturated rings. The third-order valence-corrected chi connectivity index (χ3v) is 4.43. The largest absolute Gasteiger partial charge is 0.496 e. The highest BCUT2D eigenvalue weighted by Crippen LogP contribution is 2.31. The van der Waals surface area contributed by atoms with E-state index in [1.807, 2.05) is 61.5 Å². The van der Waals surface area contributed by atoms with E-state index in [2.05, 4.69) is 15.7 Å². The molecule has 0 aliphatic heterocycles. The average molecular weight is 392 g/mol. The highest BCUT2D eigenvalue weighted by molar-refractivity contribution is 6.02. The molecule has 3 rings (SSSR count). The van der Waals surface area contributed by atoms with Gasteiger partial charge in [0.2, 0.25) is 5.91 Å². The Morgan fingerprint density at radius 1 is 1.10 bits per heavy atom. The second kappa shape index (κ2) is 9.05. The van der Waals surface area contributed by atoms with Gasteiger partial charge in [-0.05, 0) is 38.1 Å². The van der Waals surface area contributed by atoms with Crippen LogP contribution in [0.1, 0.15) is 24.2 Å². The fourth-order valence-corrected chi connectivity index (χ4v) is 2.96. The molecule has 2 N–H and O–H groups in total. The number of aromatic nitrogens is 2. The van der Waals surface area contributed by atoms with Crippen molar-refractivity contribution < 1.29 is 14.3 Å². The molecule has 0 aliphatic rings. The van der Waals surface area contributed by atoms with Crippen molar-refractivity contribution in [1.82, 2.24) is 20.4 Å². The minimum Gasteiger partial charge on any atom is -0.496 e. The maximum Gasteiger partial charge on any atom is 0.255 e. The summed E-state index contributed by atoms with van der Waals surface area (Å²) in [5.74, 6) is -0.0152. The predicted octanol–water partition coefficient (Wildman–Crippen LogP) is 2.80. The zero-order valence-electron chi connectivity index (χ0n) is 16.7. The molecule has 0 radical (unpaired) electrons. The maximum atomic E-state index is 13.0. The quantitative estimate of drug-likeness (QED) is 0.647. The Morgan fingerprint density at radius 3 is 2.48 bits per heavy atom. The lowest BCUT2D eigenvalue weighted by molar-refractivity contribution is -0.122. The zero-order valence-corrected chi connectivity index (χ0v) is 16.7. The number of ether oxygens (including phenoxy) is 1. The van der Waals surface area contributed by atoms with E-state index in [4.69, 9.17) is 4.74 Å². The Labute approximate surface area is 169 Å². The van der Waals surface area contributed by atoms with Gasteiger partial charge in [0.25, 0.3) is 5.91 Å². The average Bonchev–Trinajstić information content (AvgIpc) is 3.20. The number of amides is 2. The Bertz CT molecular complexity index is 998. The monoisotopic (exact) mass is 392 g/mol. The van der Waals surface area contributed by atoms with Gasteiger partial charge in [-0.2, -0.15) is 5.10 Å². The molecule has 0 unspecified atom stereocenters. The van der Waals surface area contributed by atoms with Crippen LogP contribution >= 0.6 is 0 Å². The summed E-state index contributed by atoms with van der Waals surface area (Å²) in [4.78, 5) is 25.0. The molecule has 7 nitrogen and oxygen atoms in total. The fraction of sp³-hybridized carbons (Fsp3) is 0.227. The SMILES string of the molecule is CCNC(=O)[C@@H](C)NC(=O)c1cn(-c2ccccc2)nc1-c1ccccc1OC. The zero-order chi connectivity index (χ0) is 20.8. The number of hydrogen-bond acceptors (Lipinski definition) is 4. The van der Waals surface area contributed by atoms with Crippen LogP contribution in [0.5, 0.6) is 5.75 Å². The minimum atomic E-state index is -0.673. The normalized spacial score (nSPS) is 11.6. The minimum absolute atomic E-state index is 0.241. The van der Waals surface area contributed by atoms with Crippen LogP contribution in [0.3, 0.4) is 0 Å². The smallest absolute Gasteiger partial charge is 0.255 e. The number of benzene rings is 2. The molecule has 0 bridgehead atoms. The third kappa shape index (κ3) is 4.45. The van der Waals surface area contributed by atoms with Gasteiger partial charge in [-0.15, -0.1) is 0 Å². The van der Waals surface area contributed by atoms with Crippen LogP contribution in [0.15, 0.2) is 60.8 Å². The van der Waals surface area contributed by atoms with Crippen LogP contribution in [0.2, 0.25) is 0 Å². The number of nitrogens with zero attached hydrogens (tertiary/aromatic N) is 2. The topological polar surface area (TPSA) is 85.3 Å². The van der Waals surface area contributed by atoms with Crippen molar-refractivity contribution in [2.45, 2.75) is 19.9 Å². The lowest BCUT2D eigenvalue weighted by Crippen LogP contribution is -2.44. The number of carbonyl (C=O) groups is 2. The van der Waals surface area contributed by atoms with Gasteiger partial charge in [0.1, 0.15) is 17.5 Å². The Morgan fingerprint density at radius 2 is 1.79 bits per heavy atom. The highest BCUT2D eigenvalue weighted by Gasteiger charge is 2.23. The van der Waals surface area contributed by atoms with Crippen molar-refractivity contribution in [2.75, 3.05) is 13.7 Å². The number of carbonyl (C=O) groups excluding carboxylic acids is 2. The lowest BCUT2D eigenvalue weighted by Gasteiger charge is -2.13. The van der Waals surface area contributed by atoms with E-state index in [-0.39, 0.29) is 11.8 Å². The highest BCUT2D eigenvalue weighted by atomic mass is 16.5. The Kier molecular flexibility index (Phi) is 6.29. The standard InChI is InChI=1S/C22H24N4O3/c1-4-23-21(27)15(2)24-22(28)18-14-26(16-10-6-5-7-11-16)25-20(18)17-12-8-9-13-19(17)29-3/h5-15H,4H2,1-3H3,(H,23,27)(H,24,28)/t15-/m1/s1. The van der Waals surface area contributed by atoms with Crippen molar-refractivity contribution in [3.8, 4) is 22.7 Å². The Hall–Kier alpha value is -3.61. The first-order chi connectivity index (χ1) is 14.0. The molecule has 7 heteroatoms. The molecule has 2 amide bonds. The molecule has 1 atom stereocenters. The molecule has 0 saturated carbocycles. The first kappa shape index (κ1) is 20.1. The van der Waals surface area contributed by atoms with Crippen molar-refractivity contribution in [2.24, 2.45) is 0 Å². The van der Waals surface area contributed by atoms with E-state index in [1.54, 1.807) is 24.9 Å². The summed E-state index contributed by atoms with van der Waals surface area (Å²) in [6, 6.07) is 16.2. The molecule has 2 aromatic carbocycles. The van der Waals surface area contributed by atoms with Gasteiger partial charge in [0.15, 0.2) is 0 Å². The van der Waals surface area contributed by atoms with Gasteiger partial charge in [0, 0.05) is 18.3 Å². The van der Waals surface area contributed by atoms with Gasteiger partial charge in [-0.1, -0.05) is 30.3 Å². The van der Waals surface area contributed by atoms with Gasteiger partial charge < -0.3 is 15.4 Å². The van der Waals surface area contributed by atoms with Gasteiger partial charge in [-0.25, -0.2) is 4.68 Å².